The minimum atomic E-state index is -0.512. The molecule has 0 spiro atoms. The van der Waals surface area contributed by atoms with Crippen LogP contribution in [0.2, 0.25) is 0 Å². The van der Waals surface area contributed by atoms with Crippen LogP contribution in [0.1, 0.15) is 13.8 Å². The van der Waals surface area contributed by atoms with E-state index >= 15 is 0 Å². The fourth-order valence-corrected chi connectivity index (χ4v) is 2.58. The largest absolute Gasteiger partial charge is 0.481 e. The molecule has 3 rings (SSSR count). The number of hydrogen-bond donors (Lipinski definition) is 4. The molecule has 9 nitrogen and oxygen atoms in total. The molecule has 0 aliphatic carbocycles. The number of rotatable bonds is 8. The maximum absolute atomic E-state index is 9.68. The normalized spacial score (nSPS) is 12.7. The highest BCUT2D eigenvalue weighted by molar-refractivity contribution is 9.10. The van der Waals surface area contributed by atoms with Gasteiger partial charge in [-0.1, -0.05) is 0 Å². The molecule has 0 fully saturated rings. The minimum Gasteiger partial charge on any atom is -0.481 e. The van der Waals surface area contributed by atoms with Crippen molar-refractivity contribution >= 4 is 45.0 Å². The molecule has 2 heterocycles. The molecule has 2 aromatic heterocycles. The molecule has 0 unspecified atom stereocenters. The van der Waals surface area contributed by atoms with Gasteiger partial charge < -0.3 is 25.8 Å². The topological polar surface area (TPSA) is 117 Å². The molecule has 0 aliphatic rings. The Morgan fingerprint density at radius 2 is 1.59 bits per heavy atom. The molecule has 0 bridgehead atoms. The van der Waals surface area contributed by atoms with Crippen molar-refractivity contribution in [1.82, 2.24) is 19.9 Å². The number of nitrogens with one attached hydrogen (secondary N) is 3. The number of halogens is 1. The third-order valence-electron chi connectivity index (χ3n) is 4.07. The monoisotopic (exact) mass is 459 g/mol. The van der Waals surface area contributed by atoms with Crippen LogP contribution >= 0.6 is 15.9 Å². The number of anilines is 5. The van der Waals surface area contributed by atoms with E-state index in [2.05, 4.69) is 51.8 Å². The number of nitrogens with zero attached hydrogens (tertiary/aromatic N) is 4. The average molecular weight is 460 g/mol. The standard InChI is InChI=1S/C19H22BrN7O2/c1-11(12(2)28)23-17-15(20)10-22-19(27-17)25-14-6-4-13(5-7-14)24-18-21-9-8-16(26-18)29-3/h4-12,28H,1-3H3,(H,21,24,26)(H2,22,23,25,27)/t11-,12-/m1/s1. The Morgan fingerprint density at radius 1 is 0.966 bits per heavy atom. The molecule has 3 aromatic rings. The summed E-state index contributed by atoms with van der Waals surface area (Å²) in [4.78, 5) is 17.1. The second kappa shape index (κ2) is 9.48. The van der Waals surface area contributed by atoms with Gasteiger partial charge in [-0.15, -0.1) is 0 Å². The van der Waals surface area contributed by atoms with Crippen molar-refractivity contribution in [3.05, 3.63) is 47.2 Å². The molecular formula is C19H22BrN7O2. The van der Waals surface area contributed by atoms with Crippen molar-refractivity contribution in [3.63, 3.8) is 0 Å². The molecule has 2 atom stereocenters. The number of hydrogen-bond acceptors (Lipinski definition) is 9. The van der Waals surface area contributed by atoms with Crippen LogP contribution in [0, 0.1) is 0 Å². The molecule has 1 aromatic carbocycles. The van der Waals surface area contributed by atoms with Crippen LogP contribution < -0.4 is 20.7 Å². The van der Waals surface area contributed by atoms with Crippen LogP contribution in [-0.2, 0) is 0 Å². The molecule has 29 heavy (non-hydrogen) atoms. The van der Waals surface area contributed by atoms with Crippen molar-refractivity contribution in [2.75, 3.05) is 23.1 Å². The first-order valence-corrected chi connectivity index (χ1v) is 9.72. The van der Waals surface area contributed by atoms with Gasteiger partial charge in [-0.3, -0.25) is 0 Å². The van der Waals surface area contributed by atoms with Gasteiger partial charge in [-0.25, -0.2) is 9.97 Å². The molecule has 0 aliphatic heterocycles. The smallest absolute Gasteiger partial charge is 0.230 e. The first-order valence-electron chi connectivity index (χ1n) is 8.93. The van der Waals surface area contributed by atoms with E-state index in [9.17, 15) is 5.11 Å². The van der Waals surface area contributed by atoms with Gasteiger partial charge in [0.15, 0.2) is 0 Å². The van der Waals surface area contributed by atoms with E-state index in [1.165, 1.54) is 0 Å². The summed E-state index contributed by atoms with van der Waals surface area (Å²) in [6.45, 7) is 3.60. The number of aromatic nitrogens is 4. The highest BCUT2D eigenvalue weighted by atomic mass is 79.9. The van der Waals surface area contributed by atoms with Crippen LogP contribution in [-0.4, -0.2) is 44.3 Å². The molecule has 0 saturated carbocycles. The van der Waals surface area contributed by atoms with Crippen molar-refractivity contribution in [3.8, 4) is 5.88 Å². The summed E-state index contributed by atoms with van der Waals surface area (Å²) >= 11 is 3.42. The summed E-state index contributed by atoms with van der Waals surface area (Å²) < 4.78 is 5.81. The fraction of sp³-hybridized carbons (Fsp3) is 0.263. The minimum absolute atomic E-state index is 0.154. The van der Waals surface area contributed by atoms with Gasteiger partial charge in [0.05, 0.1) is 23.7 Å². The van der Waals surface area contributed by atoms with Gasteiger partial charge in [0, 0.05) is 29.8 Å². The number of aliphatic hydroxyl groups is 1. The highest BCUT2D eigenvalue weighted by Gasteiger charge is 2.12. The van der Waals surface area contributed by atoms with Crippen molar-refractivity contribution in [1.29, 1.82) is 0 Å². The summed E-state index contributed by atoms with van der Waals surface area (Å²) in [5.74, 6) is 1.97. The van der Waals surface area contributed by atoms with Crippen LogP contribution in [0.5, 0.6) is 5.88 Å². The Labute approximate surface area is 177 Å². The number of benzene rings is 1. The molecule has 0 radical (unpaired) electrons. The number of methoxy groups -OCH3 is 1. The second-order valence-corrected chi connectivity index (χ2v) is 7.17. The van der Waals surface area contributed by atoms with E-state index in [4.69, 9.17) is 4.74 Å². The zero-order chi connectivity index (χ0) is 20.8. The predicted octanol–water partition coefficient (Wildman–Crippen LogP) is 3.71. The predicted molar refractivity (Wildman–Crippen MR) is 116 cm³/mol. The molecule has 0 saturated heterocycles. The second-order valence-electron chi connectivity index (χ2n) is 6.31. The molecule has 0 amide bonds. The van der Waals surface area contributed by atoms with E-state index in [-0.39, 0.29) is 6.04 Å². The maximum Gasteiger partial charge on any atom is 0.230 e. The van der Waals surface area contributed by atoms with E-state index in [1.54, 1.807) is 32.5 Å². The van der Waals surface area contributed by atoms with Crippen molar-refractivity contribution in [2.24, 2.45) is 0 Å². The SMILES string of the molecule is COc1ccnc(Nc2ccc(Nc3ncc(Br)c(N[C@H](C)[C@@H](C)O)n3)cc2)n1. The van der Waals surface area contributed by atoms with Gasteiger partial charge in [0.2, 0.25) is 17.8 Å². The molecule has 152 valence electrons. The first kappa shape index (κ1) is 20.7. The van der Waals surface area contributed by atoms with Gasteiger partial charge in [-0.2, -0.15) is 9.97 Å². The lowest BCUT2D eigenvalue weighted by molar-refractivity contribution is 0.177. The summed E-state index contributed by atoms with van der Waals surface area (Å²) in [6.07, 6.45) is 2.77. The highest BCUT2D eigenvalue weighted by Crippen LogP contribution is 2.24. The Bertz CT molecular complexity index is 954. The molecule has 10 heteroatoms. The van der Waals surface area contributed by atoms with E-state index in [0.29, 0.717) is 28.1 Å². The lowest BCUT2D eigenvalue weighted by Crippen LogP contribution is -2.28. The van der Waals surface area contributed by atoms with Gasteiger partial charge in [-0.05, 0) is 54.0 Å². The summed E-state index contributed by atoms with van der Waals surface area (Å²) in [7, 11) is 1.56. The van der Waals surface area contributed by atoms with Gasteiger partial charge >= 0.3 is 0 Å². The van der Waals surface area contributed by atoms with E-state index in [1.807, 2.05) is 31.2 Å². The summed E-state index contributed by atoms with van der Waals surface area (Å²) in [6, 6.07) is 9.08. The number of aliphatic hydroxyl groups excluding tert-OH is 1. The van der Waals surface area contributed by atoms with Crippen LogP contribution in [0.15, 0.2) is 47.2 Å². The van der Waals surface area contributed by atoms with E-state index < -0.39 is 6.10 Å². The Kier molecular flexibility index (Phi) is 6.78. The zero-order valence-electron chi connectivity index (χ0n) is 16.2. The average Bonchev–Trinajstić information content (AvgIpc) is 2.72. The summed E-state index contributed by atoms with van der Waals surface area (Å²) in [5, 5.41) is 19.1. The van der Waals surface area contributed by atoms with Crippen LogP contribution in [0.25, 0.3) is 0 Å². The van der Waals surface area contributed by atoms with Crippen LogP contribution in [0.4, 0.5) is 29.1 Å². The Balaban J connectivity index is 1.68. The van der Waals surface area contributed by atoms with Gasteiger partial charge in [0.1, 0.15) is 5.82 Å². The molecular weight excluding hydrogens is 438 g/mol. The summed E-state index contributed by atoms with van der Waals surface area (Å²) in [5.41, 5.74) is 1.65. The van der Waals surface area contributed by atoms with Gasteiger partial charge in [0.25, 0.3) is 0 Å². The third-order valence-corrected chi connectivity index (χ3v) is 4.65. The molecule has 4 N–H and O–H groups in total. The van der Waals surface area contributed by atoms with Crippen LogP contribution in [0.3, 0.4) is 0 Å². The number of ether oxygens (including phenoxy) is 1. The van der Waals surface area contributed by atoms with Crippen molar-refractivity contribution < 1.29 is 9.84 Å². The third kappa shape index (κ3) is 5.75. The van der Waals surface area contributed by atoms with Crippen molar-refractivity contribution in [2.45, 2.75) is 26.0 Å². The lowest BCUT2D eigenvalue weighted by Gasteiger charge is -2.18. The zero-order valence-corrected chi connectivity index (χ0v) is 17.8. The fourth-order valence-electron chi connectivity index (χ4n) is 2.28. The lowest BCUT2D eigenvalue weighted by atomic mass is 10.2. The quantitative estimate of drug-likeness (QED) is 0.399. The Morgan fingerprint density at radius 3 is 2.17 bits per heavy atom. The first-order chi connectivity index (χ1) is 13.9. The maximum atomic E-state index is 9.68. The van der Waals surface area contributed by atoms with E-state index in [0.717, 1.165) is 11.4 Å². The Hall–Kier alpha value is -2.98.